The Kier molecular flexibility index (Phi) is 6.19. The molecule has 0 fully saturated rings. The number of nitrogens with two attached hydrogens (primary N) is 2. The molecule has 0 saturated carbocycles. The monoisotopic (exact) mass is 358 g/mol. The Balaban J connectivity index is 2.42. The zero-order chi connectivity index (χ0) is 18.4. The number of nitriles is 1. The average Bonchev–Trinajstić information content (AvgIpc) is 2.60. The minimum Gasteiger partial charge on any atom is -0.465 e. The van der Waals surface area contributed by atoms with Gasteiger partial charge in [-0.25, -0.2) is 4.99 Å². The molecule has 130 valence electrons. The van der Waals surface area contributed by atoms with Crippen LogP contribution >= 0.6 is 11.8 Å². The lowest BCUT2D eigenvalue weighted by Crippen LogP contribution is -2.38. The lowest BCUT2D eigenvalue weighted by molar-refractivity contribution is -0.139. The van der Waals surface area contributed by atoms with Crippen LogP contribution in [0.1, 0.15) is 18.4 Å². The van der Waals surface area contributed by atoms with E-state index in [2.05, 4.69) is 4.99 Å². The maximum Gasteiger partial charge on any atom is 0.316 e. The number of allylic oxidation sites excluding steroid dienone is 1. The maximum absolute atomic E-state index is 12.1. The number of aliphatic imine (C=N–C) groups is 1. The molecule has 1 amide bonds. The number of hydrogen-bond acceptors (Lipinski definition) is 7. The fourth-order valence-corrected chi connectivity index (χ4v) is 3.55. The molecule has 0 radical (unpaired) electrons. The molecule has 1 aliphatic rings. The van der Waals surface area contributed by atoms with Crippen molar-refractivity contribution in [3.63, 3.8) is 0 Å². The van der Waals surface area contributed by atoms with Crippen molar-refractivity contribution in [1.29, 1.82) is 5.26 Å². The van der Waals surface area contributed by atoms with Gasteiger partial charge in [-0.15, -0.1) is 0 Å². The molecule has 2 atom stereocenters. The van der Waals surface area contributed by atoms with Crippen LogP contribution in [0.25, 0.3) is 0 Å². The van der Waals surface area contributed by atoms with Gasteiger partial charge in [-0.3, -0.25) is 9.59 Å². The summed E-state index contributed by atoms with van der Waals surface area (Å²) in [6, 6.07) is 11.1. The van der Waals surface area contributed by atoms with Gasteiger partial charge < -0.3 is 16.2 Å². The highest BCUT2D eigenvalue weighted by molar-refractivity contribution is 8.14. The van der Waals surface area contributed by atoms with E-state index in [4.69, 9.17) is 16.2 Å². The van der Waals surface area contributed by atoms with E-state index in [-0.39, 0.29) is 23.8 Å². The summed E-state index contributed by atoms with van der Waals surface area (Å²) in [5, 5.41) is 9.79. The number of amides is 1. The predicted molar refractivity (Wildman–Crippen MR) is 95.2 cm³/mol. The zero-order valence-electron chi connectivity index (χ0n) is 13.6. The Bertz CT molecular complexity index is 768. The first-order valence-corrected chi connectivity index (χ1v) is 8.59. The van der Waals surface area contributed by atoms with Crippen LogP contribution < -0.4 is 11.5 Å². The van der Waals surface area contributed by atoms with Gasteiger partial charge in [0.1, 0.15) is 5.82 Å². The molecule has 4 N–H and O–H groups in total. The zero-order valence-corrected chi connectivity index (χ0v) is 14.5. The standard InChI is InChI=1S/C17H18N4O3S/c1-2-24-12(22)9-25-17-14(16(20)23)13(10-6-4-3-5-7-10)11(8-18)15(19)21-17/h3-7,13-14H,2,9,19H2,1H3,(H2,20,23). The Morgan fingerprint density at radius 1 is 1.36 bits per heavy atom. The summed E-state index contributed by atoms with van der Waals surface area (Å²) in [5.74, 6) is -2.56. The number of nitrogens with zero attached hydrogens (tertiary/aromatic N) is 2. The predicted octanol–water partition coefficient (Wildman–Crippen LogP) is 1.27. The summed E-state index contributed by atoms with van der Waals surface area (Å²) in [5.41, 5.74) is 12.4. The number of carbonyl (C=O) groups is 2. The summed E-state index contributed by atoms with van der Waals surface area (Å²) < 4.78 is 4.88. The molecule has 7 nitrogen and oxygen atoms in total. The van der Waals surface area contributed by atoms with E-state index in [1.165, 1.54) is 0 Å². The second-order valence-electron chi connectivity index (χ2n) is 5.22. The number of ether oxygens (including phenoxy) is 1. The van der Waals surface area contributed by atoms with Gasteiger partial charge in [0.05, 0.1) is 35.0 Å². The van der Waals surface area contributed by atoms with E-state index in [1.807, 2.05) is 12.1 Å². The summed E-state index contributed by atoms with van der Waals surface area (Å²) >= 11 is 1.05. The third-order valence-electron chi connectivity index (χ3n) is 3.65. The van der Waals surface area contributed by atoms with Gasteiger partial charge in [-0.2, -0.15) is 5.26 Å². The lowest BCUT2D eigenvalue weighted by Gasteiger charge is -2.29. The van der Waals surface area contributed by atoms with Crippen LogP contribution in [0.2, 0.25) is 0 Å². The van der Waals surface area contributed by atoms with Crippen LogP contribution in [-0.2, 0) is 14.3 Å². The fraction of sp³-hybridized carbons (Fsp3) is 0.294. The van der Waals surface area contributed by atoms with Crippen LogP contribution in [-0.4, -0.2) is 29.3 Å². The highest BCUT2D eigenvalue weighted by atomic mass is 32.2. The number of benzene rings is 1. The molecule has 1 aliphatic heterocycles. The Hall–Kier alpha value is -2.79. The third kappa shape index (κ3) is 4.19. The minimum absolute atomic E-state index is 0.0207. The van der Waals surface area contributed by atoms with Crippen molar-refractivity contribution in [2.24, 2.45) is 22.4 Å². The van der Waals surface area contributed by atoms with E-state index < -0.39 is 23.7 Å². The van der Waals surface area contributed by atoms with Crippen molar-refractivity contribution in [1.82, 2.24) is 0 Å². The summed E-state index contributed by atoms with van der Waals surface area (Å²) in [6.45, 7) is 1.97. The van der Waals surface area contributed by atoms with Crippen molar-refractivity contribution in [3.05, 3.63) is 47.3 Å². The molecular formula is C17H18N4O3S. The smallest absolute Gasteiger partial charge is 0.316 e. The topological polar surface area (TPSA) is 132 Å². The Morgan fingerprint density at radius 3 is 2.60 bits per heavy atom. The fourth-order valence-electron chi connectivity index (χ4n) is 2.61. The molecular weight excluding hydrogens is 340 g/mol. The maximum atomic E-state index is 12.1. The second kappa shape index (κ2) is 8.35. The van der Waals surface area contributed by atoms with Crippen molar-refractivity contribution in [2.75, 3.05) is 12.4 Å². The second-order valence-corrected chi connectivity index (χ2v) is 6.22. The highest BCUT2D eigenvalue weighted by Crippen LogP contribution is 2.39. The number of carbonyl (C=O) groups excluding carboxylic acids is 2. The lowest BCUT2D eigenvalue weighted by atomic mass is 9.79. The van der Waals surface area contributed by atoms with Gasteiger partial charge in [-0.1, -0.05) is 42.1 Å². The van der Waals surface area contributed by atoms with E-state index in [1.54, 1.807) is 31.2 Å². The van der Waals surface area contributed by atoms with E-state index in [0.717, 1.165) is 17.3 Å². The first-order chi connectivity index (χ1) is 12.0. The highest BCUT2D eigenvalue weighted by Gasteiger charge is 2.40. The summed E-state index contributed by atoms with van der Waals surface area (Å²) in [6.07, 6.45) is 0. The normalized spacial score (nSPS) is 19.8. The molecule has 1 aromatic rings. The van der Waals surface area contributed by atoms with Crippen molar-refractivity contribution in [2.45, 2.75) is 12.8 Å². The van der Waals surface area contributed by atoms with Crippen LogP contribution in [0.5, 0.6) is 0 Å². The Morgan fingerprint density at radius 2 is 2.04 bits per heavy atom. The molecule has 8 heteroatoms. The molecule has 1 aromatic carbocycles. The molecule has 0 aromatic heterocycles. The third-order valence-corrected chi connectivity index (χ3v) is 4.67. The van der Waals surface area contributed by atoms with Crippen molar-refractivity contribution in [3.8, 4) is 6.07 Å². The SMILES string of the molecule is CCOC(=O)CSC1=NC(N)=C(C#N)C(c2ccccc2)C1C(N)=O. The van der Waals surface area contributed by atoms with E-state index in [0.29, 0.717) is 5.04 Å². The quantitative estimate of drug-likeness (QED) is 0.762. The van der Waals surface area contributed by atoms with Crippen LogP contribution in [0, 0.1) is 17.2 Å². The van der Waals surface area contributed by atoms with E-state index in [9.17, 15) is 14.9 Å². The number of rotatable bonds is 5. The number of thioether (sulfide) groups is 1. The first kappa shape index (κ1) is 18.5. The molecule has 0 spiro atoms. The molecule has 0 aliphatic carbocycles. The Labute approximate surface area is 149 Å². The van der Waals surface area contributed by atoms with Crippen LogP contribution in [0.15, 0.2) is 46.7 Å². The molecule has 25 heavy (non-hydrogen) atoms. The van der Waals surface area contributed by atoms with Gasteiger partial charge in [0.15, 0.2) is 0 Å². The molecule has 2 unspecified atom stereocenters. The van der Waals surface area contributed by atoms with Crippen molar-refractivity contribution >= 4 is 28.7 Å². The van der Waals surface area contributed by atoms with Crippen LogP contribution in [0.3, 0.4) is 0 Å². The van der Waals surface area contributed by atoms with Gasteiger partial charge in [0.2, 0.25) is 5.91 Å². The van der Waals surface area contributed by atoms with E-state index >= 15 is 0 Å². The van der Waals surface area contributed by atoms with Gasteiger partial charge in [0, 0.05) is 5.92 Å². The first-order valence-electron chi connectivity index (χ1n) is 7.60. The van der Waals surface area contributed by atoms with Crippen LogP contribution in [0.4, 0.5) is 0 Å². The average molecular weight is 358 g/mol. The summed E-state index contributed by atoms with van der Waals surface area (Å²) in [7, 11) is 0. The molecule has 1 heterocycles. The number of primary amides is 1. The van der Waals surface area contributed by atoms with Gasteiger partial charge in [0.25, 0.3) is 0 Å². The molecule has 2 rings (SSSR count). The number of hydrogen-bond donors (Lipinski definition) is 2. The largest absolute Gasteiger partial charge is 0.465 e. The van der Waals surface area contributed by atoms with Gasteiger partial charge in [-0.05, 0) is 12.5 Å². The number of esters is 1. The summed E-state index contributed by atoms with van der Waals surface area (Å²) in [4.78, 5) is 27.9. The molecule has 0 bridgehead atoms. The van der Waals surface area contributed by atoms with Crippen molar-refractivity contribution < 1.29 is 14.3 Å². The minimum atomic E-state index is -0.872. The molecule has 0 saturated heterocycles. The van der Waals surface area contributed by atoms with Gasteiger partial charge >= 0.3 is 5.97 Å².